The van der Waals surface area contributed by atoms with E-state index in [0.29, 0.717) is 11.1 Å². The quantitative estimate of drug-likeness (QED) is 0.789. The second kappa shape index (κ2) is 7.32. The molecular weight excluding hydrogens is 324 g/mol. The molecule has 2 rings (SSSR count). The molecule has 0 aliphatic rings. The Balaban J connectivity index is 1.97. The Labute approximate surface area is 156 Å². The SMILES string of the molecule is CC(C)(C)c1ccc(C(=O)NNC(=O)c2ccc(C(C)(C)C)cc2)cc1. The first-order chi connectivity index (χ1) is 12.0. The predicted molar refractivity (Wildman–Crippen MR) is 105 cm³/mol. The summed E-state index contributed by atoms with van der Waals surface area (Å²) in [6.45, 7) is 12.7. The van der Waals surface area contributed by atoms with Crippen molar-refractivity contribution in [3.8, 4) is 0 Å². The van der Waals surface area contributed by atoms with Gasteiger partial charge in [0.2, 0.25) is 0 Å². The van der Waals surface area contributed by atoms with Crippen molar-refractivity contribution in [2.24, 2.45) is 0 Å². The molecule has 26 heavy (non-hydrogen) atoms. The van der Waals surface area contributed by atoms with Crippen LogP contribution < -0.4 is 10.9 Å². The first-order valence-corrected chi connectivity index (χ1v) is 8.80. The van der Waals surface area contributed by atoms with E-state index in [1.807, 2.05) is 24.3 Å². The van der Waals surface area contributed by atoms with Crippen LogP contribution in [0.2, 0.25) is 0 Å². The van der Waals surface area contributed by atoms with Gasteiger partial charge in [-0.05, 0) is 46.2 Å². The lowest BCUT2D eigenvalue weighted by molar-refractivity contribution is 0.0846. The van der Waals surface area contributed by atoms with Crippen molar-refractivity contribution >= 4 is 11.8 Å². The van der Waals surface area contributed by atoms with Gasteiger partial charge in [-0.25, -0.2) is 0 Å². The molecule has 0 unspecified atom stereocenters. The summed E-state index contributed by atoms with van der Waals surface area (Å²) < 4.78 is 0. The molecule has 0 saturated heterocycles. The largest absolute Gasteiger partial charge is 0.269 e. The Kier molecular flexibility index (Phi) is 5.55. The van der Waals surface area contributed by atoms with E-state index in [-0.39, 0.29) is 22.6 Å². The maximum Gasteiger partial charge on any atom is 0.269 e. The van der Waals surface area contributed by atoms with Gasteiger partial charge in [-0.2, -0.15) is 0 Å². The highest BCUT2D eigenvalue weighted by molar-refractivity contribution is 5.99. The lowest BCUT2D eigenvalue weighted by Gasteiger charge is -2.19. The molecule has 0 aromatic heterocycles. The highest BCUT2D eigenvalue weighted by Crippen LogP contribution is 2.23. The Hall–Kier alpha value is -2.62. The van der Waals surface area contributed by atoms with Crippen LogP contribution in [0.5, 0.6) is 0 Å². The van der Waals surface area contributed by atoms with Gasteiger partial charge in [0, 0.05) is 11.1 Å². The number of nitrogens with one attached hydrogen (secondary N) is 2. The number of hydrogen-bond acceptors (Lipinski definition) is 2. The molecule has 2 N–H and O–H groups in total. The Morgan fingerprint density at radius 2 is 0.846 bits per heavy atom. The van der Waals surface area contributed by atoms with Gasteiger partial charge >= 0.3 is 0 Å². The van der Waals surface area contributed by atoms with Gasteiger partial charge < -0.3 is 0 Å². The van der Waals surface area contributed by atoms with Crippen LogP contribution in [0.4, 0.5) is 0 Å². The van der Waals surface area contributed by atoms with Gasteiger partial charge in [0.1, 0.15) is 0 Å². The molecule has 0 radical (unpaired) electrons. The average Bonchev–Trinajstić information content (AvgIpc) is 2.58. The summed E-state index contributed by atoms with van der Waals surface area (Å²) in [7, 11) is 0. The molecule has 0 aliphatic carbocycles. The zero-order valence-corrected chi connectivity index (χ0v) is 16.4. The van der Waals surface area contributed by atoms with Crippen LogP contribution in [-0.2, 0) is 10.8 Å². The van der Waals surface area contributed by atoms with Crippen LogP contribution in [0.3, 0.4) is 0 Å². The minimum Gasteiger partial charge on any atom is -0.267 e. The van der Waals surface area contributed by atoms with E-state index in [1.165, 1.54) is 0 Å². The summed E-state index contributed by atoms with van der Waals surface area (Å²) in [4.78, 5) is 24.4. The third kappa shape index (κ3) is 4.94. The fourth-order valence-corrected chi connectivity index (χ4v) is 2.50. The lowest BCUT2D eigenvalue weighted by Crippen LogP contribution is -2.41. The van der Waals surface area contributed by atoms with Crippen LogP contribution in [-0.4, -0.2) is 11.8 Å². The molecule has 0 bridgehead atoms. The molecule has 138 valence electrons. The highest BCUT2D eigenvalue weighted by Gasteiger charge is 2.16. The second-order valence-electron chi connectivity index (χ2n) is 8.56. The zero-order valence-electron chi connectivity index (χ0n) is 16.4. The van der Waals surface area contributed by atoms with Crippen LogP contribution in [0, 0.1) is 0 Å². The van der Waals surface area contributed by atoms with E-state index >= 15 is 0 Å². The van der Waals surface area contributed by atoms with Crippen molar-refractivity contribution in [3.63, 3.8) is 0 Å². The van der Waals surface area contributed by atoms with E-state index in [1.54, 1.807) is 24.3 Å². The van der Waals surface area contributed by atoms with Gasteiger partial charge in [0.15, 0.2) is 0 Å². The van der Waals surface area contributed by atoms with Crippen LogP contribution in [0.1, 0.15) is 73.4 Å². The fraction of sp³-hybridized carbons (Fsp3) is 0.364. The smallest absolute Gasteiger partial charge is 0.267 e. The first kappa shape index (κ1) is 19.7. The molecule has 0 fully saturated rings. The molecule has 0 spiro atoms. The van der Waals surface area contributed by atoms with Crippen molar-refractivity contribution in [2.45, 2.75) is 52.4 Å². The molecule has 0 saturated carbocycles. The molecule has 0 aliphatic heterocycles. The number of rotatable bonds is 2. The summed E-state index contributed by atoms with van der Waals surface area (Å²) in [5.74, 6) is -0.685. The summed E-state index contributed by atoms with van der Waals surface area (Å²) in [6.07, 6.45) is 0. The van der Waals surface area contributed by atoms with E-state index in [2.05, 4.69) is 52.4 Å². The molecular formula is C22H28N2O2. The van der Waals surface area contributed by atoms with Crippen LogP contribution in [0.25, 0.3) is 0 Å². The van der Waals surface area contributed by atoms with Gasteiger partial charge in [-0.15, -0.1) is 0 Å². The van der Waals surface area contributed by atoms with E-state index < -0.39 is 0 Å². The minimum absolute atomic E-state index is 0.0302. The van der Waals surface area contributed by atoms with Crippen molar-refractivity contribution in [3.05, 3.63) is 70.8 Å². The lowest BCUT2D eigenvalue weighted by atomic mass is 9.86. The summed E-state index contributed by atoms with van der Waals surface area (Å²) in [6, 6.07) is 14.8. The monoisotopic (exact) mass is 352 g/mol. The van der Waals surface area contributed by atoms with Crippen molar-refractivity contribution in [2.75, 3.05) is 0 Å². The topological polar surface area (TPSA) is 58.2 Å². The number of carbonyl (C=O) groups is 2. The summed E-state index contributed by atoms with van der Waals surface area (Å²) in [5, 5.41) is 0. The van der Waals surface area contributed by atoms with Crippen molar-refractivity contribution < 1.29 is 9.59 Å². The number of benzene rings is 2. The molecule has 2 aromatic carbocycles. The maximum absolute atomic E-state index is 12.2. The predicted octanol–water partition coefficient (Wildman–Crippen LogP) is 4.36. The summed E-state index contributed by atoms with van der Waals surface area (Å²) >= 11 is 0. The van der Waals surface area contributed by atoms with Gasteiger partial charge in [-0.1, -0.05) is 65.8 Å². The number of hydrogen-bond donors (Lipinski definition) is 2. The molecule has 0 heterocycles. The Morgan fingerprint density at radius 3 is 1.08 bits per heavy atom. The van der Waals surface area contributed by atoms with Crippen molar-refractivity contribution in [1.29, 1.82) is 0 Å². The molecule has 2 amide bonds. The fourth-order valence-electron chi connectivity index (χ4n) is 2.50. The zero-order chi connectivity index (χ0) is 19.5. The van der Waals surface area contributed by atoms with Crippen LogP contribution in [0.15, 0.2) is 48.5 Å². The van der Waals surface area contributed by atoms with Crippen LogP contribution >= 0.6 is 0 Å². The number of hydrazine groups is 1. The average molecular weight is 352 g/mol. The third-order valence-electron chi connectivity index (χ3n) is 4.32. The number of amides is 2. The molecule has 4 nitrogen and oxygen atoms in total. The second-order valence-corrected chi connectivity index (χ2v) is 8.56. The first-order valence-electron chi connectivity index (χ1n) is 8.80. The molecule has 2 aromatic rings. The Bertz CT molecular complexity index is 707. The summed E-state index contributed by atoms with van der Waals surface area (Å²) in [5.41, 5.74) is 8.29. The number of carbonyl (C=O) groups excluding carboxylic acids is 2. The van der Waals surface area contributed by atoms with Gasteiger partial charge in [0.05, 0.1) is 0 Å². The Morgan fingerprint density at radius 1 is 0.577 bits per heavy atom. The van der Waals surface area contributed by atoms with E-state index in [0.717, 1.165) is 11.1 Å². The van der Waals surface area contributed by atoms with Gasteiger partial charge in [0.25, 0.3) is 11.8 Å². The maximum atomic E-state index is 12.2. The normalized spacial score (nSPS) is 11.8. The molecule has 0 atom stereocenters. The van der Waals surface area contributed by atoms with E-state index in [9.17, 15) is 9.59 Å². The minimum atomic E-state index is -0.342. The van der Waals surface area contributed by atoms with Gasteiger partial charge in [-0.3, -0.25) is 20.4 Å². The van der Waals surface area contributed by atoms with E-state index in [4.69, 9.17) is 0 Å². The van der Waals surface area contributed by atoms with Crippen molar-refractivity contribution in [1.82, 2.24) is 10.9 Å². The molecule has 4 heteroatoms. The highest BCUT2D eigenvalue weighted by atomic mass is 16.2. The third-order valence-corrected chi connectivity index (χ3v) is 4.32. The standard InChI is InChI=1S/C22H28N2O2/c1-21(2,3)17-11-7-15(8-12-17)19(25)23-24-20(26)16-9-13-18(14-10-16)22(4,5)6/h7-14H,1-6H3,(H,23,25)(H,24,26).